The second-order valence-electron chi connectivity index (χ2n) is 8.18. The van der Waals surface area contributed by atoms with Gasteiger partial charge >= 0.3 is 5.97 Å². The van der Waals surface area contributed by atoms with Crippen LogP contribution in [0.25, 0.3) is 0 Å². The van der Waals surface area contributed by atoms with E-state index in [1.807, 2.05) is 0 Å². The molecule has 2 unspecified atom stereocenters. The average molecular weight is 391 g/mol. The topological polar surface area (TPSA) is 104 Å². The lowest BCUT2D eigenvalue weighted by atomic mass is 9.72. The molecule has 2 rings (SSSR count). The summed E-state index contributed by atoms with van der Waals surface area (Å²) < 4.78 is 30.1. The second kappa shape index (κ2) is 8.22. The number of hydrogen-bond donors (Lipinski definition) is 1. The minimum absolute atomic E-state index is 0.00234. The predicted molar refractivity (Wildman–Crippen MR) is 96.1 cm³/mol. The lowest BCUT2D eigenvalue weighted by molar-refractivity contribution is -0.146. The number of aliphatic carboxylic acids is 1. The molecule has 8 nitrogen and oxygen atoms in total. The van der Waals surface area contributed by atoms with Crippen molar-refractivity contribution >= 4 is 21.9 Å². The summed E-state index contributed by atoms with van der Waals surface area (Å²) in [7, 11) is -3.66. The highest BCUT2D eigenvalue weighted by molar-refractivity contribution is 7.88. The van der Waals surface area contributed by atoms with Crippen molar-refractivity contribution in [3.8, 4) is 0 Å². The first-order chi connectivity index (χ1) is 12.0. The van der Waals surface area contributed by atoms with E-state index in [0.29, 0.717) is 19.7 Å². The van der Waals surface area contributed by atoms with Crippen LogP contribution in [-0.2, 0) is 24.3 Å². The van der Waals surface area contributed by atoms with Gasteiger partial charge in [-0.2, -0.15) is 4.31 Å². The first-order valence-corrected chi connectivity index (χ1v) is 10.9. The van der Waals surface area contributed by atoms with Crippen LogP contribution < -0.4 is 0 Å². The van der Waals surface area contributed by atoms with Crippen LogP contribution in [-0.4, -0.2) is 79.8 Å². The van der Waals surface area contributed by atoms with Crippen LogP contribution in [0.5, 0.6) is 0 Å². The summed E-state index contributed by atoms with van der Waals surface area (Å²) in [4.78, 5) is 25.6. The molecule has 0 aromatic rings. The van der Waals surface area contributed by atoms with Gasteiger partial charge in [0.1, 0.15) is 6.54 Å². The highest BCUT2D eigenvalue weighted by atomic mass is 32.2. The molecule has 1 aliphatic heterocycles. The molecule has 2 aliphatic rings. The molecular formula is C17H30N2O6S. The van der Waals surface area contributed by atoms with Crippen LogP contribution in [0.15, 0.2) is 0 Å². The summed E-state index contributed by atoms with van der Waals surface area (Å²) in [5, 5.41) is 8.92. The maximum Gasteiger partial charge on any atom is 0.318 e. The van der Waals surface area contributed by atoms with Crippen LogP contribution in [0.3, 0.4) is 0 Å². The summed E-state index contributed by atoms with van der Waals surface area (Å²) in [5.74, 6) is -1.11. The fraction of sp³-hybridized carbons (Fsp3) is 0.882. The van der Waals surface area contributed by atoms with Crippen molar-refractivity contribution in [1.82, 2.24) is 9.21 Å². The second-order valence-corrected chi connectivity index (χ2v) is 10.2. The van der Waals surface area contributed by atoms with Crippen LogP contribution in [0, 0.1) is 11.3 Å². The van der Waals surface area contributed by atoms with E-state index in [1.54, 1.807) is 4.90 Å². The molecule has 26 heavy (non-hydrogen) atoms. The van der Waals surface area contributed by atoms with E-state index >= 15 is 0 Å². The van der Waals surface area contributed by atoms with E-state index in [1.165, 1.54) is 0 Å². The summed E-state index contributed by atoms with van der Waals surface area (Å²) in [6.07, 6.45) is 4.38. The maximum absolute atomic E-state index is 12.9. The Kier molecular flexibility index (Phi) is 6.68. The van der Waals surface area contributed by atoms with E-state index in [2.05, 4.69) is 13.8 Å². The Labute approximate surface area is 155 Å². The van der Waals surface area contributed by atoms with Crippen molar-refractivity contribution in [2.24, 2.45) is 11.3 Å². The van der Waals surface area contributed by atoms with Gasteiger partial charge in [-0.15, -0.1) is 0 Å². The normalized spacial score (nSPS) is 26.7. The Morgan fingerprint density at radius 3 is 2.62 bits per heavy atom. The number of carbonyl (C=O) groups excluding carboxylic acids is 1. The summed E-state index contributed by atoms with van der Waals surface area (Å²) >= 11 is 0. The predicted octanol–water partition coefficient (Wildman–Crippen LogP) is 0.776. The quantitative estimate of drug-likeness (QED) is 0.719. The van der Waals surface area contributed by atoms with Crippen LogP contribution in [0.2, 0.25) is 0 Å². The Bertz CT molecular complexity index is 633. The Morgan fingerprint density at radius 1 is 1.35 bits per heavy atom. The van der Waals surface area contributed by atoms with E-state index in [9.17, 15) is 18.0 Å². The lowest BCUT2D eigenvalue weighted by Crippen LogP contribution is -2.52. The molecule has 1 saturated carbocycles. The number of nitrogens with zero attached hydrogens (tertiary/aromatic N) is 2. The number of carboxylic acids is 1. The lowest BCUT2D eigenvalue weighted by Gasteiger charge is -2.40. The van der Waals surface area contributed by atoms with Gasteiger partial charge in [0, 0.05) is 25.6 Å². The molecule has 150 valence electrons. The van der Waals surface area contributed by atoms with Gasteiger partial charge in [0.05, 0.1) is 19.0 Å². The number of hydrogen-bond acceptors (Lipinski definition) is 5. The standard InChI is InChI=1S/C17H30N2O6S/c1-17(2)6-4-5-13(9-17)16(22)18-7-8-25-14(10-18)11-19(12-15(20)21)26(3,23)24/h13-14H,4-12H2,1-3H3,(H,20,21). The van der Waals surface area contributed by atoms with Gasteiger partial charge in [-0.05, 0) is 24.7 Å². The van der Waals surface area contributed by atoms with E-state index < -0.39 is 28.6 Å². The number of morpholine rings is 1. The van der Waals surface area contributed by atoms with Crippen molar-refractivity contribution in [2.75, 3.05) is 39.0 Å². The summed E-state index contributed by atoms with van der Waals surface area (Å²) in [5.41, 5.74) is 0.166. The van der Waals surface area contributed by atoms with Crippen molar-refractivity contribution < 1.29 is 27.9 Å². The van der Waals surface area contributed by atoms with Gasteiger partial charge in [-0.25, -0.2) is 8.42 Å². The Balaban J connectivity index is 1.99. The molecule has 1 amide bonds. The zero-order chi connectivity index (χ0) is 19.5. The molecule has 1 heterocycles. The fourth-order valence-corrected chi connectivity index (χ4v) is 4.67. The number of carboxylic acid groups (broad SMARTS) is 1. The van der Waals surface area contributed by atoms with Crippen molar-refractivity contribution in [3.63, 3.8) is 0 Å². The summed E-state index contributed by atoms with van der Waals surface area (Å²) in [6, 6.07) is 0. The minimum atomic E-state index is -3.66. The van der Waals surface area contributed by atoms with Crippen molar-refractivity contribution in [1.29, 1.82) is 0 Å². The first kappa shape index (κ1) is 21.1. The zero-order valence-electron chi connectivity index (χ0n) is 15.8. The van der Waals surface area contributed by atoms with Gasteiger partial charge in [-0.3, -0.25) is 9.59 Å². The van der Waals surface area contributed by atoms with Gasteiger partial charge in [0.15, 0.2) is 0 Å². The van der Waals surface area contributed by atoms with E-state index in [0.717, 1.165) is 36.2 Å². The molecule has 1 aliphatic carbocycles. The van der Waals surface area contributed by atoms with Gasteiger partial charge < -0.3 is 14.7 Å². The molecule has 1 N–H and O–H groups in total. The minimum Gasteiger partial charge on any atom is -0.480 e. The molecular weight excluding hydrogens is 360 g/mol. The zero-order valence-corrected chi connectivity index (χ0v) is 16.6. The smallest absolute Gasteiger partial charge is 0.318 e. The molecule has 2 fully saturated rings. The number of rotatable bonds is 6. The number of carbonyl (C=O) groups is 2. The molecule has 0 bridgehead atoms. The first-order valence-electron chi connectivity index (χ1n) is 9.05. The van der Waals surface area contributed by atoms with Crippen molar-refractivity contribution in [2.45, 2.75) is 45.6 Å². The number of amides is 1. The van der Waals surface area contributed by atoms with Gasteiger partial charge in [-0.1, -0.05) is 20.3 Å². The van der Waals surface area contributed by atoms with Crippen molar-refractivity contribution in [3.05, 3.63) is 0 Å². The van der Waals surface area contributed by atoms with Crippen LogP contribution in [0.1, 0.15) is 39.5 Å². The maximum atomic E-state index is 12.9. The average Bonchev–Trinajstić information content (AvgIpc) is 2.51. The molecule has 0 radical (unpaired) electrons. The van der Waals surface area contributed by atoms with E-state index in [-0.39, 0.29) is 23.8 Å². The Morgan fingerprint density at radius 2 is 2.04 bits per heavy atom. The molecule has 2 atom stereocenters. The third-order valence-electron chi connectivity index (χ3n) is 5.19. The summed E-state index contributed by atoms with van der Waals surface area (Å²) in [6.45, 7) is 4.81. The number of ether oxygens (including phenoxy) is 1. The highest BCUT2D eigenvalue weighted by Gasteiger charge is 2.36. The van der Waals surface area contributed by atoms with E-state index in [4.69, 9.17) is 9.84 Å². The Hall–Kier alpha value is -1.19. The number of sulfonamides is 1. The molecule has 1 saturated heterocycles. The molecule has 0 spiro atoms. The monoisotopic (exact) mass is 390 g/mol. The SMILES string of the molecule is CC1(C)CCCC(C(=O)N2CCOC(CN(CC(=O)O)S(C)(=O)=O)C2)C1. The third-order valence-corrected chi connectivity index (χ3v) is 6.41. The highest BCUT2D eigenvalue weighted by Crippen LogP contribution is 2.39. The third kappa shape index (κ3) is 5.92. The molecule has 0 aromatic carbocycles. The van der Waals surface area contributed by atoms with Gasteiger partial charge in [0.25, 0.3) is 0 Å². The van der Waals surface area contributed by atoms with Crippen LogP contribution >= 0.6 is 0 Å². The molecule has 9 heteroatoms. The fourth-order valence-electron chi connectivity index (χ4n) is 3.89. The largest absolute Gasteiger partial charge is 0.480 e. The van der Waals surface area contributed by atoms with Gasteiger partial charge in [0.2, 0.25) is 15.9 Å². The van der Waals surface area contributed by atoms with Crippen LogP contribution in [0.4, 0.5) is 0 Å². The molecule has 0 aromatic heterocycles.